The number of anilines is 5. The summed E-state index contributed by atoms with van der Waals surface area (Å²) in [5, 5.41) is 5.26. The van der Waals surface area contributed by atoms with Crippen LogP contribution in [0, 0.1) is 0 Å². The van der Waals surface area contributed by atoms with Gasteiger partial charge in [-0.1, -0.05) is 165 Å². The van der Waals surface area contributed by atoms with Gasteiger partial charge in [0.15, 0.2) is 0 Å². The lowest BCUT2D eigenvalue weighted by molar-refractivity contribution is 0.590. The van der Waals surface area contributed by atoms with Crippen LogP contribution in [0.15, 0.2) is 164 Å². The molecule has 4 heterocycles. The minimum Gasteiger partial charge on any atom is -0.376 e. The fraction of sp³-hybridized carbons (Fsp3) is 0.180. The molecular weight excluding hydrogens is 836 g/mol. The van der Waals surface area contributed by atoms with E-state index < -0.39 is 0 Å². The van der Waals surface area contributed by atoms with Gasteiger partial charge in [-0.2, -0.15) is 0 Å². The molecule has 2 aliphatic heterocycles. The van der Waals surface area contributed by atoms with Gasteiger partial charge in [0.25, 0.3) is 0 Å². The first kappa shape index (κ1) is 39.9. The lowest BCUT2D eigenvalue weighted by atomic mass is 9.43. The zero-order valence-electron chi connectivity index (χ0n) is 38.9. The fourth-order valence-corrected chi connectivity index (χ4v) is 14.1. The first-order valence-electron chi connectivity index (χ1n) is 23.5. The smallest absolute Gasteiger partial charge is 0.334 e. The minimum atomic E-state index is -0.244. The van der Waals surface area contributed by atoms with E-state index >= 15 is 0 Å². The Kier molecular flexibility index (Phi) is 8.36. The van der Waals surface area contributed by atoms with Gasteiger partial charge in [0.2, 0.25) is 0 Å². The second kappa shape index (κ2) is 13.8. The molecule has 2 aromatic heterocycles. The summed E-state index contributed by atoms with van der Waals surface area (Å²) in [6, 6.07) is 63.0. The Balaban J connectivity index is 1.23. The molecule has 5 heteroatoms. The predicted octanol–water partition coefficient (Wildman–Crippen LogP) is 16.5. The Morgan fingerprint density at radius 2 is 1.12 bits per heavy atom. The maximum absolute atomic E-state index is 2.73. The maximum Gasteiger partial charge on any atom is 0.334 e. The molecule has 0 bridgehead atoms. The van der Waals surface area contributed by atoms with E-state index in [-0.39, 0.29) is 23.1 Å². The molecule has 320 valence electrons. The molecule has 0 saturated carbocycles. The van der Waals surface area contributed by atoms with E-state index in [1.165, 1.54) is 125 Å². The lowest BCUT2D eigenvalue weighted by Gasteiger charge is -2.46. The molecule has 1 aliphatic carbocycles. The monoisotopic (exact) mass is 886 g/mol. The molecular formula is C61H51BN2S2. The molecule has 2 nitrogen and oxygen atoms in total. The van der Waals surface area contributed by atoms with Crippen LogP contribution in [0.2, 0.25) is 0 Å². The Morgan fingerprint density at radius 1 is 0.470 bits per heavy atom. The van der Waals surface area contributed by atoms with Crippen LogP contribution >= 0.6 is 22.7 Å². The van der Waals surface area contributed by atoms with Gasteiger partial charge in [0.05, 0.1) is 10.7 Å². The summed E-state index contributed by atoms with van der Waals surface area (Å²) >= 11 is 3.86. The molecule has 3 aliphatic rings. The molecule has 0 spiro atoms. The molecule has 0 atom stereocenters. The molecule has 10 aromatic rings. The Bertz CT molecular complexity index is 3650. The molecule has 0 fully saturated rings. The molecule has 0 unspecified atom stereocenters. The van der Waals surface area contributed by atoms with Crippen molar-refractivity contribution >= 4 is 98.5 Å². The van der Waals surface area contributed by atoms with Crippen molar-refractivity contribution in [3.63, 3.8) is 0 Å². The van der Waals surface area contributed by atoms with Crippen LogP contribution in [0.1, 0.15) is 77.6 Å². The normalized spacial score (nSPS) is 14.7. The van der Waals surface area contributed by atoms with Crippen molar-refractivity contribution in [1.82, 2.24) is 0 Å². The summed E-state index contributed by atoms with van der Waals surface area (Å²) < 4.78 is 3.96. The second-order valence-electron chi connectivity index (χ2n) is 21.3. The Morgan fingerprint density at radius 3 is 1.86 bits per heavy atom. The SMILES string of the molecule is CC(C)(C)c1ccc(N2B3c4c(cc5c(c4-c4cc6c(cc42)sc2ccccc26)C(C)(C)c2ccccc2-5)N(c2ccc(C(C)(C)C)cc2-c2ccccc2)c2sc4ccccc4c23)cc1. The zero-order valence-corrected chi connectivity index (χ0v) is 40.5. The minimum absolute atomic E-state index is 0.0240. The van der Waals surface area contributed by atoms with E-state index in [0.29, 0.717) is 0 Å². The second-order valence-corrected chi connectivity index (χ2v) is 23.4. The zero-order chi connectivity index (χ0) is 45.0. The molecule has 13 rings (SSSR count). The van der Waals surface area contributed by atoms with E-state index in [1.54, 1.807) is 0 Å². The third-order valence-electron chi connectivity index (χ3n) is 14.9. The van der Waals surface area contributed by atoms with Crippen LogP contribution in [0.3, 0.4) is 0 Å². The highest BCUT2D eigenvalue weighted by atomic mass is 32.1. The van der Waals surface area contributed by atoms with Crippen molar-refractivity contribution < 1.29 is 0 Å². The number of nitrogens with zero attached hydrogens (tertiary/aromatic N) is 2. The highest BCUT2D eigenvalue weighted by Gasteiger charge is 2.51. The van der Waals surface area contributed by atoms with Gasteiger partial charge < -0.3 is 9.71 Å². The first-order valence-corrected chi connectivity index (χ1v) is 25.1. The molecule has 0 amide bonds. The third-order valence-corrected chi connectivity index (χ3v) is 17.3. The van der Waals surface area contributed by atoms with Crippen molar-refractivity contribution in [3.8, 4) is 33.4 Å². The number of benzene rings is 8. The quantitative estimate of drug-likeness (QED) is 0.163. The summed E-state index contributed by atoms with van der Waals surface area (Å²) in [4.78, 5) is 5.41. The van der Waals surface area contributed by atoms with Gasteiger partial charge >= 0.3 is 6.85 Å². The summed E-state index contributed by atoms with van der Waals surface area (Å²) in [5.74, 6) is 0. The summed E-state index contributed by atoms with van der Waals surface area (Å²) in [7, 11) is 0. The highest BCUT2D eigenvalue weighted by molar-refractivity contribution is 7.26. The van der Waals surface area contributed by atoms with E-state index in [2.05, 4.69) is 229 Å². The number of rotatable bonds is 3. The van der Waals surface area contributed by atoms with Gasteiger partial charge in [0, 0.05) is 58.5 Å². The number of fused-ring (bicyclic) bond motifs is 13. The average Bonchev–Trinajstić information content (AvgIpc) is 3.95. The van der Waals surface area contributed by atoms with Gasteiger partial charge in [-0.05, 0) is 126 Å². The molecule has 0 N–H and O–H groups in total. The van der Waals surface area contributed by atoms with Crippen molar-refractivity contribution in [2.45, 2.75) is 71.6 Å². The standard InChI is InChI=1S/C61H51BN2S2/c1-59(2,3)37-26-29-39(30-27-37)64-49-35-53-44(41-21-13-16-24-51(41)65-53)33-46(49)54-55-45(40-20-12-15-23-47(40)61(55,7)8)34-50-57(54)62(64)56-42-22-14-17-25-52(42)66-58(56)63(50)48-31-28-38(60(4,5)6)32-43(48)36-18-10-9-11-19-36/h9-35H,1-8H3. The molecule has 66 heavy (non-hydrogen) atoms. The summed E-state index contributed by atoms with van der Waals surface area (Å²) in [5.41, 5.74) is 20.8. The van der Waals surface area contributed by atoms with Crippen molar-refractivity contribution in [1.29, 1.82) is 0 Å². The molecule has 8 aromatic carbocycles. The summed E-state index contributed by atoms with van der Waals surface area (Å²) in [6.07, 6.45) is 0. The van der Waals surface area contributed by atoms with Gasteiger partial charge in [0.1, 0.15) is 0 Å². The van der Waals surface area contributed by atoms with Crippen LogP contribution in [0.4, 0.5) is 27.8 Å². The van der Waals surface area contributed by atoms with Gasteiger partial charge in [-0.25, -0.2) is 0 Å². The van der Waals surface area contributed by atoms with Gasteiger partial charge in [-0.3, -0.25) is 0 Å². The Hall–Kier alpha value is -6.40. The molecule has 0 radical (unpaired) electrons. The van der Waals surface area contributed by atoms with Crippen molar-refractivity contribution in [2.24, 2.45) is 0 Å². The average molecular weight is 887 g/mol. The van der Waals surface area contributed by atoms with E-state index in [9.17, 15) is 0 Å². The van der Waals surface area contributed by atoms with E-state index in [1.807, 2.05) is 22.7 Å². The van der Waals surface area contributed by atoms with Crippen LogP contribution in [-0.4, -0.2) is 6.85 Å². The number of thiophene rings is 2. The Labute approximate surface area is 396 Å². The molecule has 0 saturated heterocycles. The van der Waals surface area contributed by atoms with E-state index in [0.717, 1.165) is 0 Å². The topological polar surface area (TPSA) is 6.48 Å². The fourth-order valence-electron chi connectivity index (χ4n) is 11.7. The summed E-state index contributed by atoms with van der Waals surface area (Å²) in [6.45, 7) is 18.8. The highest BCUT2D eigenvalue weighted by Crippen LogP contribution is 2.60. The third kappa shape index (κ3) is 5.60. The van der Waals surface area contributed by atoms with E-state index in [4.69, 9.17) is 0 Å². The predicted molar refractivity (Wildman–Crippen MR) is 289 cm³/mol. The van der Waals surface area contributed by atoms with Gasteiger partial charge in [-0.15, -0.1) is 22.7 Å². The van der Waals surface area contributed by atoms with Crippen LogP contribution in [0.5, 0.6) is 0 Å². The van der Waals surface area contributed by atoms with Crippen molar-refractivity contribution in [2.75, 3.05) is 9.71 Å². The lowest BCUT2D eigenvalue weighted by Crippen LogP contribution is -2.61. The van der Waals surface area contributed by atoms with Crippen LogP contribution in [-0.2, 0) is 16.2 Å². The van der Waals surface area contributed by atoms with Crippen molar-refractivity contribution in [3.05, 3.63) is 186 Å². The maximum atomic E-state index is 2.73. The number of hydrogen-bond acceptors (Lipinski definition) is 4. The largest absolute Gasteiger partial charge is 0.376 e. The van der Waals surface area contributed by atoms with Crippen LogP contribution in [0.25, 0.3) is 63.6 Å². The first-order chi connectivity index (χ1) is 31.8. The number of hydrogen-bond donors (Lipinski definition) is 0. The van der Waals surface area contributed by atoms with Crippen LogP contribution < -0.4 is 20.6 Å².